The number of halogens is 3. The van der Waals surface area contributed by atoms with Gasteiger partial charge in [0.2, 0.25) is 5.91 Å². The Morgan fingerprint density at radius 3 is 2.38 bits per heavy atom. The first-order valence-electron chi connectivity index (χ1n) is 11.1. The molecule has 1 aliphatic carbocycles. The summed E-state index contributed by atoms with van der Waals surface area (Å²) in [4.78, 5) is 28.5. The Bertz CT molecular complexity index is 1090. The lowest BCUT2D eigenvalue weighted by atomic mass is 10.0. The Labute approximate surface area is 196 Å². The van der Waals surface area contributed by atoms with E-state index in [4.69, 9.17) is 0 Å². The molecule has 180 valence electrons. The van der Waals surface area contributed by atoms with Gasteiger partial charge in [-0.3, -0.25) is 19.9 Å². The normalized spacial score (nSPS) is 16.4. The van der Waals surface area contributed by atoms with Gasteiger partial charge in [-0.1, -0.05) is 38.1 Å². The molecule has 6 nitrogen and oxygen atoms in total. The van der Waals surface area contributed by atoms with Gasteiger partial charge in [0.25, 0.3) is 0 Å². The fourth-order valence-electron chi connectivity index (χ4n) is 3.68. The van der Waals surface area contributed by atoms with E-state index in [-0.39, 0.29) is 17.4 Å². The molecule has 1 fully saturated rings. The van der Waals surface area contributed by atoms with Crippen molar-refractivity contribution in [1.82, 2.24) is 15.6 Å². The minimum atomic E-state index is -4.77. The van der Waals surface area contributed by atoms with Crippen LogP contribution >= 0.6 is 0 Å². The molecule has 0 bridgehead atoms. The van der Waals surface area contributed by atoms with Gasteiger partial charge in [-0.2, -0.15) is 18.4 Å². The van der Waals surface area contributed by atoms with Gasteiger partial charge in [0.1, 0.15) is 5.54 Å². The van der Waals surface area contributed by atoms with Crippen LogP contribution < -0.4 is 10.6 Å². The third-order valence-electron chi connectivity index (χ3n) is 5.74. The van der Waals surface area contributed by atoms with E-state index in [1.54, 1.807) is 24.3 Å². The number of alkyl halides is 3. The number of ketones is 1. The van der Waals surface area contributed by atoms with Crippen molar-refractivity contribution in [3.05, 3.63) is 53.9 Å². The maximum Gasteiger partial charge on any atom is 0.414 e. The second-order valence-corrected chi connectivity index (χ2v) is 9.11. The molecule has 1 heterocycles. The molecule has 1 amide bonds. The lowest BCUT2D eigenvalue weighted by Gasteiger charge is -2.27. The molecule has 1 aliphatic rings. The number of hydrogen-bond acceptors (Lipinski definition) is 5. The zero-order valence-electron chi connectivity index (χ0n) is 19.2. The highest BCUT2D eigenvalue weighted by Crippen LogP contribution is 2.36. The molecule has 0 radical (unpaired) electrons. The zero-order chi connectivity index (χ0) is 25.1. The van der Waals surface area contributed by atoms with Crippen LogP contribution in [0.5, 0.6) is 0 Å². The number of hydrogen-bond donors (Lipinski definition) is 2. The first-order valence-corrected chi connectivity index (χ1v) is 11.1. The first-order chi connectivity index (χ1) is 15.9. The molecule has 1 saturated carbocycles. The van der Waals surface area contributed by atoms with Crippen molar-refractivity contribution in [3.8, 4) is 17.2 Å². The van der Waals surface area contributed by atoms with Crippen molar-refractivity contribution in [3.63, 3.8) is 0 Å². The van der Waals surface area contributed by atoms with Crippen LogP contribution in [0, 0.1) is 17.2 Å². The van der Waals surface area contributed by atoms with Gasteiger partial charge in [0.15, 0.2) is 11.8 Å². The highest BCUT2D eigenvalue weighted by molar-refractivity contribution is 5.95. The quantitative estimate of drug-likeness (QED) is 0.515. The largest absolute Gasteiger partial charge is 0.414 e. The predicted molar refractivity (Wildman–Crippen MR) is 121 cm³/mol. The zero-order valence-corrected chi connectivity index (χ0v) is 19.2. The summed E-state index contributed by atoms with van der Waals surface area (Å²) in [5.41, 5.74) is 0.474. The number of amides is 1. The van der Waals surface area contributed by atoms with Gasteiger partial charge in [0.05, 0.1) is 17.8 Å². The number of aromatic nitrogens is 1. The SMILES string of the molecule is CC(=O)c1cccc(-c2ccc([C@H](NC(=O)[C@H](CC(C)C)NC3(C#N)CC3)C(F)(F)F)nc2)c1. The van der Waals surface area contributed by atoms with Crippen molar-refractivity contribution < 1.29 is 22.8 Å². The van der Waals surface area contributed by atoms with Crippen LogP contribution in [0.2, 0.25) is 0 Å². The third kappa shape index (κ3) is 6.20. The number of nitriles is 1. The lowest BCUT2D eigenvalue weighted by Crippen LogP contribution is -2.52. The summed E-state index contributed by atoms with van der Waals surface area (Å²) in [6, 6.07) is 8.30. The molecule has 0 spiro atoms. The standard InChI is InChI=1S/C25H27F3N4O2/c1-15(2)11-21(32-24(14-29)9-10-24)23(34)31-22(25(26,27)28)20-8-7-19(13-30-20)18-6-4-5-17(12-18)16(3)33/h4-8,12-13,15,21-22,32H,9-11H2,1-3H3,(H,31,34)/t21-,22-/m0/s1. The summed E-state index contributed by atoms with van der Waals surface area (Å²) in [7, 11) is 0. The summed E-state index contributed by atoms with van der Waals surface area (Å²) >= 11 is 0. The van der Waals surface area contributed by atoms with Crippen LogP contribution in [0.4, 0.5) is 13.2 Å². The lowest BCUT2D eigenvalue weighted by molar-refractivity contribution is -0.165. The van der Waals surface area contributed by atoms with Crippen molar-refractivity contribution in [2.75, 3.05) is 0 Å². The van der Waals surface area contributed by atoms with Crippen molar-refractivity contribution in [1.29, 1.82) is 5.26 Å². The van der Waals surface area contributed by atoms with E-state index in [0.717, 1.165) is 0 Å². The fraction of sp³-hybridized carbons (Fsp3) is 0.440. The van der Waals surface area contributed by atoms with Crippen molar-refractivity contribution in [2.24, 2.45) is 5.92 Å². The van der Waals surface area contributed by atoms with E-state index in [9.17, 15) is 28.0 Å². The molecule has 0 aliphatic heterocycles. The topological polar surface area (TPSA) is 94.9 Å². The molecule has 0 unspecified atom stereocenters. The van der Waals surface area contributed by atoms with Crippen LogP contribution in [-0.2, 0) is 4.79 Å². The molecule has 2 atom stereocenters. The average Bonchev–Trinajstić information content (AvgIpc) is 3.56. The molecule has 2 N–H and O–H groups in total. The van der Waals surface area contributed by atoms with Crippen LogP contribution in [-0.4, -0.2) is 34.4 Å². The van der Waals surface area contributed by atoms with E-state index in [0.29, 0.717) is 36.0 Å². The molecular weight excluding hydrogens is 445 g/mol. The first kappa shape index (κ1) is 25.4. The van der Waals surface area contributed by atoms with E-state index in [2.05, 4.69) is 21.7 Å². The second kappa shape index (κ2) is 9.94. The van der Waals surface area contributed by atoms with Gasteiger partial charge in [0, 0.05) is 17.3 Å². The number of carbonyl (C=O) groups is 2. The molecular formula is C25H27F3N4O2. The molecule has 2 aromatic rings. The van der Waals surface area contributed by atoms with Gasteiger partial charge >= 0.3 is 6.18 Å². The number of carbonyl (C=O) groups excluding carboxylic acids is 2. The Morgan fingerprint density at radius 2 is 1.88 bits per heavy atom. The van der Waals surface area contributed by atoms with E-state index < -0.39 is 29.7 Å². The Hall–Kier alpha value is -3.25. The summed E-state index contributed by atoms with van der Waals surface area (Å²) < 4.78 is 41.7. The highest BCUT2D eigenvalue weighted by Gasteiger charge is 2.48. The van der Waals surface area contributed by atoms with E-state index in [1.165, 1.54) is 25.3 Å². The van der Waals surface area contributed by atoms with Gasteiger partial charge in [-0.25, -0.2) is 0 Å². The van der Waals surface area contributed by atoms with Crippen LogP contribution in [0.15, 0.2) is 42.6 Å². The molecule has 1 aromatic heterocycles. The van der Waals surface area contributed by atoms with Gasteiger partial charge in [-0.15, -0.1) is 0 Å². The Kier molecular flexibility index (Phi) is 7.41. The number of nitrogens with zero attached hydrogens (tertiary/aromatic N) is 2. The molecule has 34 heavy (non-hydrogen) atoms. The smallest absolute Gasteiger partial charge is 0.338 e. The molecule has 9 heteroatoms. The van der Waals surface area contributed by atoms with Gasteiger partial charge in [-0.05, 0) is 49.8 Å². The fourth-order valence-corrected chi connectivity index (χ4v) is 3.68. The van der Waals surface area contributed by atoms with Crippen LogP contribution in [0.1, 0.15) is 62.1 Å². The maximum absolute atomic E-state index is 13.9. The number of rotatable bonds is 9. The van der Waals surface area contributed by atoms with E-state index in [1.807, 2.05) is 13.8 Å². The minimum absolute atomic E-state index is 0.0326. The summed E-state index contributed by atoms with van der Waals surface area (Å²) in [5.74, 6) is -0.914. The van der Waals surface area contributed by atoms with Crippen molar-refractivity contribution in [2.45, 2.75) is 63.8 Å². The number of pyridine rings is 1. The Balaban J connectivity index is 1.83. The minimum Gasteiger partial charge on any atom is -0.338 e. The molecule has 1 aromatic carbocycles. The monoisotopic (exact) mass is 472 g/mol. The van der Waals surface area contributed by atoms with Crippen LogP contribution in [0.3, 0.4) is 0 Å². The Morgan fingerprint density at radius 1 is 1.18 bits per heavy atom. The molecule has 3 rings (SSSR count). The summed E-state index contributed by atoms with van der Waals surface area (Å²) in [6.07, 6.45) is -2.08. The third-order valence-corrected chi connectivity index (χ3v) is 5.74. The van der Waals surface area contributed by atoms with Crippen molar-refractivity contribution >= 4 is 11.7 Å². The number of nitrogens with one attached hydrogen (secondary N) is 2. The van der Waals surface area contributed by atoms with Crippen LogP contribution in [0.25, 0.3) is 11.1 Å². The maximum atomic E-state index is 13.9. The highest BCUT2D eigenvalue weighted by atomic mass is 19.4. The van der Waals surface area contributed by atoms with E-state index >= 15 is 0 Å². The average molecular weight is 473 g/mol. The summed E-state index contributed by atoms with van der Waals surface area (Å²) in [5, 5.41) is 14.4. The number of benzene rings is 1. The predicted octanol–water partition coefficient (Wildman–Crippen LogP) is 4.73. The number of Topliss-reactive ketones (excluding diaryl/α,β-unsaturated/α-hetero) is 1. The molecule has 0 saturated heterocycles. The summed E-state index contributed by atoms with van der Waals surface area (Å²) in [6.45, 7) is 5.15. The van der Waals surface area contributed by atoms with Gasteiger partial charge < -0.3 is 5.32 Å². The second-order valence-electron chi connectivity index (χ2n) is 9.11.